The smallest absolute Gasteiger partial charge is 0.228 e. The van der Waals surface area contributed by atoms with E-state index in [4.69, 9.17) is 17.3 Å². The quantitative estimate of drug-likeness (QED) is 0.545. The van der Waals surface area contributed by atoms with Crippen molar-refractivity contribution in [3.8, 4) is 0 Å². The van der Waals surface area contributed by atoms with E-state index in [-0.39, 0.29) is 5.91 Å². The van der Waals surface area contributed by atoms with Crippen LogP contribution in [-0.4, -0.2) is 40.5 Å². The van der Waals surface area contributed by atoms with Crippen LogP contribution >= 0.6 is 23.4 Å². The molecule has 9 heteroatoms. The third-order valence-corrected chi connectivity index (χ3v) is 9.07. The number of aromatic nitrogens is 3. The van der Waals surface area contributed by atoms with Gasteiger partial charge in [-0.15, -0.1) is 0 Å². The second kappa shape index (κ2) is 8.99. The van der Waals surface area contributed by atoms with Crippen LogP contribution in [0.2, 0.25) is 5.02 Å². The number of halogens is 1. The fourth-order valence-electron chi connectivity index (χ4n) is 5.61. The lowest BCUT2D eigenvalue weighted by Crippen LogP contribution is -2.41. The number of nitrogens with zero attached hydrogens (tertiary/aromatic N) is 5. The molecule has 2 aromatic heterocycles. The van der Waals surface area contributed by atoms with E-state index in [1.807, 2.05) is 6.07 Å². The van der Waals surface area contributed by atoms with Gasteiger partial charge in [0.2, 0.25) is 5.91 Å². The molecule has 4 heterocycles. The number of rotatable bonds is 4. The number of fused-ring (bicyclic) bond motifs is 1. The molecule has 7 nitrogen and oxygen atoms in total. The van der Waals surface area contributed by atoms with Gasteiger partial charge in [0.1, 0.15) is 10.8 Å². The largest absolute Gasteiger partial charge is 0.381 e. The molecule has 180 valence electrons. The average molecular weight is 507 g/mol. The predicted octanol–water partition coefficient (Wildman–Crippen LogP) is 4.77. The SMILES string of the molecule is Nc1nc(N2CCC3(CC2)Cc2ccccc2C3)cnc1Sc1ccnc(N2CCCC2=O)c1Cl. The van der Waals surface area contributed by atoms with Crippen LogP contribution < -0.4 is 15.5 Å². The lowest BCUT2D eigenvalue weighted by Gasteiger charge is -2.40. The van der Waals surface area contributed by atoms with Gasteiger partial charge in [-0.05, 0) is 54.7 Å². The highest BCUT2D eigenvalue weighted by Crippen LogP contribution is 2.45. The van der Waals surface area contributed by atoms with Crippen molar-refractivity contribution in [2.24, 2.45) is 5.41 Å². The standard InChI is InChI=1S/C26H27ClN6OS/c27-22-19(7-10-29-24(22)33-11-3-6-21(33)34)35-25-23(28)31-20(16-30-25)32-12-8-26(9-13-32)14-17-4-1-2-5-18(17)15-26/h1-2,4-5,7,10,16H,3,6,8-9,11-15H2,(H2,28,31). The molecule has 1 aliphatic carbocycles. The fourth-order valence-corrected chi connectivity index (χ4v) is 6.71. The van der Waals surface area contributed by atoms with E-state index in [0.29, 0.717) is 40.1 Å². The van der Waals surface area contributed by atoms with E-state index in [1.54, 1.807) is 17.3 Å². The van der Waals surface area contributed by atoms with E-state index in [1.165, 1.54) is 35.7 Å². The number of hydrogen-bond donors (Lipinski definition) is 1. The topological polar surface area (TPSA) is 88.2 Å². The van der Waals surface area contributed by atoms with Crippen molar-refractivity contribution in [2.75, 3.05) is 35.2 Å². The molecule has 2 aliphatic heterocycles. The molecule has 0 radical (unpaired) electrons. The Kier molecular flexibility index (Phi) is 5.81. The summed E-state index contributed by atoms with van der Waals surface area (Å²) in [5, 5.41) is 1.04. The minimum atomic E-state index is 0.0509. The molecule has 1 aromatic carbocycles. The Labute approximate surface area is 214 Å². The molecule has 3 aromatic rings. The zero-order valence-electron chi connectivity index (χ0n) is 19.4. The van der Waals surface area contributed by atoms with Gasteiger partial charge in [0.15, 0.2) is 11.6 Å². The summed E-state index contributed by atoms with van der Waals surface area (Å²) in [7, 11) is 0. The van der Waals surface area contributed by atoms with Crippen LogP contribution in [-0.2, 0) is 17.6 Å². The third-order valence-electron chi connectivity index (χ3n) is 7.52. The molecule has 0 atom stereocenters. The van der Waals surface area contributed by atoms with Gasteiger partial charge >= 0.3 is 0 Å². The van der Waals surface area contributed by atoms with Gasteiger partial charge in [-0.2, -0.15) is 0 Å². The Bertz CT molecular complexity index is 1270. The number of carbonyl (C=O) groups excluding carboxylic acids is 1. The van der Waals surface area contributed by atoms with Gasteiger partial charge in [-0.1, -0.05) is 47.6 Å². The average Bonchev–Trinajstić information content (AvgIpc) is 3.45. The van der Waals surface area contributed by atoms with Gasteiger partial charge in [0.05, 0.1) is 11.2 Å². The van der Waals surface area contributed by atoms with Crippen LogP contribution in [0.15, 0.2) is 52.6 Å². The predicted molar refractivity (Wildman–Crippen MR) is 139 cm³/mol. The van der Waals surface area contributed by atoms with E-state index < -0.39 is 0 Å². The van der Waals surface area contributed by atoms with E-state index in [9.17, 15) is 4.79 Å². The lowest BCUT2D eigenvalue weighted by molar-refractivity contribution is -0.117. The summed E-state index contributed by atoms with van der Waals surface area (Å²) < 4.78 is 0. The number of hydrogen-bond acceptors (Lipinski definition) is 7. The first kappa shape index (κ1) is 22.6. The van der Waals surface area contributed by atoms with Crippen LogP contribution in [0.1, 0.15) is 36.8 Å². The first-order valence-electron chi connectivity index (χ1n) is 12.1. The molecule has 2 fully saturated rings. The molecule has 0 saturated carbocycles. The van der Waals surface area contributed by atoms with Crippen molar-refractivity contribution in [2.45, 2.75) is 48.4 Å². The molecule has 0 unspecified atom stereocenters. The number of pyridine rings is 1. The van der Waals surface area contributed by atoms with Crippen molar-refractivity contribution in [3.05, 3.63) is 58.9 Å². The molecule has 1 spiro atoms. The van der Waals surface area contributed by atoms with E-state index in [0.717, 1.165) is 43.1 Å². The number of amides is 1. The highest BCUT2D eigenvalue weighted by Gasteiger charge is 2.40. The summed E-state index contributed by atoms with van der Waals surface area (Å²) in [5.41, 5.74) is 9.74. The molecular formula is C26H27ClN6OS. The maximum absolute atomic E-state index is 12.2. The van der Waals surface area contributed by atoms with Crippen molar-refractivity contribution >= 4 is 46.7 Å². The second-order valence-electron chi connectivity index (χ2n) is 9.73. The molecule has 6 rings (SSSR count). The molecule has 3 aliphatic rings. The van der Waals surface area contributed by atoms with Crippen LogP contribution in [0.25, 0.3) is 0 Å². The monoisotopic (exact) mass is 506 g/mol. The van der Waals surface area contributed by atoms with Crippen molar-refractivity contribution in [1.82, 2.24) is 15.0 Å². The molecule has 2 saturated heterocycles. The summed E-state index contributed by atoms with van der Waals surface area (Å²) in [6, 6.07) is 10.7. The van der Waals surface area contributed by atoms with Crippen LogP contribution in [0.3, 0.4) is 0 Å². The minimum Gasteiger partial charge on any atom is -0.381 e. The Morgan fingerprint density at radius 1 is 1.03 bits per heavy atom. The van der Waals surface area contributed by atoms with Gasteiger partial charge < -0.3 is 10.6 Å². The summed E-state index contributed by atoms with van der Waals surface area (Å²) >= 11 is 7.98. The molecule has 2 N–H and O–H groups in total. The zero-order valence-corrected chi connectivity index (χ0v) is 21.0. The Morgan fingerprint density at radius 3 is 2.43 bits per heavy atom. The number of piperidine rings is 1. The third kappa shape index (κ3) is 4.23. The normalized spacial score (nSPS) is 18.9. The highest BCUT2D eigenvalue weighted by atomic mass is 35.5. The summed E-state index contributed by atoms with van der Waals surface area (Å²) in [6.45, 7) is 2.55. The Balaban J connectivity index is 1.14. The van der Waals surface area contributed by atoms with Crippen LogP contribution in [0.5, 0.6) is 0 Å². The Morgan fingerprint density at radius 2 is 1.77 bits per heavy atom. The second-order valence-corrected chi connectivity index (χ2v) is 11.1. The Hall–Kier alpha value is -2.84. The molecular weight excluding hydrogens is 480 g/mol. The summed E-state index contributed by atoms with van der Waals surface area (Å²) in [5.74, 6) is 1.75. The molecule has 35 heavy (non-hydrogen) atoms. The number of carbonyl (C=O) groups is 1. The van der Waals surface area contributed by atoms with Crippen LogP contribution in [0.4, 0.5) is 17.5 Å². The molecule has 1 amide bonds. The van der Waals surface area contributed by atoms with Gasteiger partial charge in [0, 0.05) is 37.1 Å². The maximum atomic E-state index is 12.2. The minimum absolute atomic E-state index is 0.0509. The van der Waals surface area contributed by atoms with Gasteiger partial charge in [0.25, 0.3) is 0 Å². The van der Waals surface area contributed by atoms with E-state index >= 15 is 0 Å². The number of benzene rings is 1. The first-order chi connectivity index (χ1) is 17.0. The lowest BCUT2D eigenvalue weighted by atomic mass is 9.76. The van der Waals surface area contributed by atoms with Crippen molar-refractivity contribution in [1.29, 1.82) is 0 Å². The van der Waals surface area contributed by atoms with Gasteiger partial charge in [-0.3, -0.25) is 9.69 Å². The van der Waals surface area contributed by atoms with Crippen molar-refractivity contribution < 1.29 is 4.79 Å². The fraction of sp³-hybridized carbons (Fsp3) is 0.385. The number of anilines is 3. The first-order valence-corrected chi connectivity index (χ1v) is 13.3. The van der Waals surface area contributed by atoms with E-state index in [2.05, 4.69) is 44.1 Å². The highest BCUT2D eigenvalue weighted by molar-refractivity contribution is 7.99. The summed E-state index contributed by atoms with van der Waals surface area (Å²) in [6.07, 6.45) is 9.46. The van der Waals surface area contributed by atoms with Crippen LogP contribution in [0, 0.1) is 5.41 Å². The van der Waals surface area contributed by atoms with Gasteiger partial charge in [-0.25, -0.2) is 15.0 Å². The molecule has 0 bridgehead atoms. The number of nitrogen functional groups attached to an aromatic ring is 1. The number of nitrogens with two attached hydrogens (primary N) is 1. The maximum Gasteiger partial charge on any atom is 0.228 e. The van der Waals surface area contributed by atoms with Crippen molar-refractivity contribution in [3.63, 3.8) is 0 Å². The summed E-state index contributed by atoms with van der Waals surface area (Å²) in [4.78, 5) is 30.5. The zero-order chi connectivity index (χ0) is 24.0.